The lowest BCUT2D eigenvalue weighted by atomic mass is 10.1. The van der Waals surface area contributed by atoms with Crippen LogP contribution in [0, 0.1) is 0 Å². The lowest BCUT2D eigenvalue weighted by Gasteiger charge is -2.17. The first-order chi connectivity index (χ1) is 6.70. The zero-order valence-corrected chi connectivity index (χ0v) is 8.73. The van der Waals surface area contributed by atoms with Crippen LogP contribution in [0.1, 0.15) is 49.6 Å². The zero-order chi connectivity index (χ0) is 10.6. The van der Waals surface area contributed by atoms with Gasteiger partial charge in [0.25, 0.3) is 0 Å². The molecule has 0 spiro atoms. The van der Waals surface area contributed by atoms with Gasteiger partial charge in [0.05, 0.1) is 0 Å². The number of aromatic carboxylic acids is 1. The topological polar surface area (TPSA) is 42.2 Å². The minimum Gasteiger partial charge on any atom is -0.477 e. The molecule has 0 radical (unpaired) electrons. The molecule has 78 valence electrons. The average molecular weight is 195 g/mol. The van der Waals surface area contributed by atoms with Crippen molar-refractivity contribution in [1.82, 2.24) is 4.57 Å². The Morgan fingerprint density at radius 2 is 2.29 bits per heavy atom. The Morgan fingerprint density at radius 1 is 1.57 bits per heavy atom. The molecule has 1 aromatic heterocycles. The van der Waals surface area contributed by atoms with Crippen LogP contribution in [0.5, 0.6) is 0 Å². The van der Waals surface area contributed by atoms with Crippen LogP contribution < -0.4 is 0 Å². The molecule has 3 nitrogen and oxygen atoms in total. The molecular formula is C11H17NO2. The molecule has 0 saturated heterocycles. The van der Waals surface area contributed by atoms with E-state index in [0.29, 0.717) is 11.7 Å². The second-order valence-electron chi connectivity index (χ2n) is 3.46. The highest BCUT2D eigenvalue weighted by Gasteiger charge is 2.14. The van der Waals surface area contributed by atoms with Gasteiger partial charge in [0.1, 0.15) is 5.69 Å². The average Bonchev–Trinajstić information content (AvgIpc) is 2.62. The van der Waals surface area contributed by atoms with Gasteiger partial charge in [0, 0.05) is 12.2 Å². The fraction of sp³-hybridized carbons (Fsp3) is 0.545. The van der Waals surface area contributed by atoms with Crippen molar-refractivity contribution in [2.24, 2.45) is 0 Å². The number of hydrogen-bond donors (Lipinski definition) is 1. The molecule has 0 fully saturated rings. The second-order valence-corrected chi connectivity index (χ2v) is 3.46. The molecule has 1 N–H and O–H groups in total. The smallest absolute Gasteiger partial charge is 0.352 e. The van der Waals surface area contributed by atoms with E-state index in [2.05, 4.69) is 13.8 Å². The molecule has 0 aromatic carbocycles. The lowest BCUT2D eigenvalue weighted by molar-refractivity contribution is 0.0682. The molecule has 3 heteroatoms. The standard InChI is InChI=1S/C11H17NO2/c1-3-6-9(4-2)12-8-5-7-10(12)11(13)14/h5,7-9H,3-4,6H2,1-2H3,(H,13,14). The van der Waals surface area contributed by atoms with Crippen LogP contribution in [0.4, 0.5) is 0 Å². The van der Waals surface area contributed by atoms with Gasteiger partial charge in [-0.25, -0.2) is 4.79 Å². The Kier molecular flexibility index (Phi) is 3.74. The summed E-state index contributed by atoms with van der Waals surface area (Å²) in [4.78, 5) is 10.9. The molecule has 0 saturated carbocycles. The van der Waals surface area contributed by atoms with Crippen molar-refractivity contribution in [3.8, 4) is 0 Å². The van der Waals surface area contributed by atoms with Gasteiger partial charge < -0.3 is 9.67 Å². The second kappa shape index (κ2) is 4.84. The number of aromatic nitrogens is 1. The van der Waals surface area contributed by atoms with Crippen LogP contribution in [0.3, 0.4) is 0 Å². The van der Waals surface area contributed by atoms with Gasteiger partial charge in [0.15, 0.2) is 0 Å². The number of carbonyl (C=O) groups is 1. The van der Waals surface area contributed by atoms with Crippen molar-refractivity contribution in [3.63, 3.8) is 0 Å². The molecule has 0 amide bonds. The Bertz CT molecular complexity index is 304. The van der Waals surface area contributed by atoms with Gasteiger partial charge in [-0.2, -0.15) is 0 Å². The summed E-state index contributed by atoms with van der Waals surface area (Å²) >= 11 is 0. The maximum atomic E-state index is 10.9. The van der Waals surface area contributed by atoms with Crippen molar-refractivity contribution in [3.05, 3.63) is 24.0 Å². The van der Waals surface area contributed by atoms with Crippen molar-refractivity contribution < 1.29 is 9.90 Å². The van der Waals surface area contributed by atoms with Gasteiger partial charge in [-0.15, -0.1) is 0 Å². The molecule has 1 heterocycles. The third kappa shape index (κ3) is 2.16. The summed E-state index contributed by atoms with van der Waals surface area (Å²) in [6.45, 7) is 4.21. The van der Waals surface area contributed by atoms with E-state index in [4.69, 9.17) is 5.11 Å². The highest BCUT2D eigenvalue weighted by molar-refractivity contribution is 5.85. The SMILES string of the molecule is CCCC(CC)n1cccc1C(=O)O. The maximum Gasteiger partial charge on any atom is 0.352 e. The van der Waals surface area contributed by atoms with Gasteiger partial charge in [-0.3, -0.25) is 0 Å². The first kappa shape index (κ1) is 10.8. The number of carboxylic acid groups (broad SMARTS) is 1. The summed E-state index contributed by atoms with van der Waals surface area (Å²) in [5, 5.41) is 8.95. The van der Waals surface area contributed by atoms with E-state index in [1.165, 1.54) is 0 Å². The van der Waals surface area contributed by atoms with Crippen LogP contribution in [0.25, 0.3) is 0 Å². The van der Waals surface area contributed by atoms with E-state index >= 15 is 0 Å². The van der Waals surface area contributed by atoms with Crippen molar-refractivity contribution in [2.45, 2.75) is 39.2 Å². The van der Waals surface area contributed by atoms with Crippen molar-refractivity contribution >= 4 is 5.97 Å². The molecule has 14 heavy (non-hydrogen) atoms. The summed E-state index contributed by atoms with van der Waals surface area (Å²) in [6.07, 6.45) is 4.94. The summed E-state index contributed by atoms with van der Waals surface area (Å²) in [7, 11) is 0. The Balaban J connectivity index is 2.91. The molecule has 1 atom stereocenters. The molecular weight excluding hydrogens is 178 g/mol. The van der Waals surface area contributed by atoms with Crippen molar-refractivity contribution in [1.29, 1.82) is 0 Å². The predicted molar refractivity (Wildman–Crippen MR) is 55.6 cm³/mol. The van der Waals surface area contributed by atoms with Gasteiger partial charge in [-0.1, -0.05) is 20.3 Å². The molecule has 0 aliphatic carbocycles. The Labute approximate surface area is 84.4 Å². The maximum absolute atomic E-state index is 10.9. The molecule has 1 unspecified atom stereocenters. The van der Waals surface area contributed by atoms with Gasteiger partial charge in [-0.05, 0) is 25.0 Å². The lowest BCUT2D eigenvalue weighted by Crippen LogP contribution is -2.13. The van der Waals surface area contributed by atoms with Crippen molar-refractivity contribution in [2.75, 3.05) is 0 Å². The number of hydrogen-bond acceptors (Lipinski definition) is 1. The van der Waals surface area contributed by atoms with Crippen LogP contribution >= 0.6 is 0 Å². The van der Waals surface area contributed by atoms with Crippen LogP contribution in [-0.4, -0.2) is 15.6 Å². The summed E-state index contributed by atoms with van der Waals surface area (Å²) in [5.74, 6) is -0.843. The minimum absolute atomic E-state index is 0.320. The van der Waals surface area contributed by atoms with Crippen LogP contribution in [0.15, 0.2) is 18.3 Å². The minimum atomic E-state index is -0.843. The molecule has 0 aliphatic rings. The molecule has 1 aromatic rings. The van der Waals surface area contributed by atoms with E-state index in [0.717, 1.165) is 19.3 Å². The fourth-order valence-electron chi connectivity index (χ4n) is 1.77. The van der Waals surface area contributed by atoms with E-state index in [-0.39, 0.29) is 0 Å². The van der Waals surface area contributed by atoms with E-state index in [1.54, 1.807) is 12.1 Å². The van der Waals surface area contributed by atoms with Gasteiger partial charge >= 0.3 is 5.97 Å². The number of nitrogens with zero attached hydrogens (tertiary/aromatic N) is 1. The van der Waals surface area contributed by atoms with Crippen LogP contribution in [0.2, 0.25) is 0 Å². The normalized spacial score (nSPS) is 12.7. The monoisotopic (exact) mass is 195 g/mol. The fourth-order valence-corrected chi connectivity index (χ4v) is 1.77. The van der Waals surface area contributed by atoms with Gasteiger partial charge in [0.2, 0.25) is 0 Å². The number of carboxylic acids is 1. The molecule has 0 bridgehead atoms. The largest absolute Gasteiger partial charge is 0.477 e. The first-order valence-electron chi connectivity index (χ1n) is 5.10. The van der Waals surface area contributed by atoms with Crippen LogP contribution in [-0.2, 0) is 0 Å². The van der Waals surface area contributed by atoms with E-state index in [9.17, 15) is 4.79 Å². The highest BCUT2D eigenvalue weighted by Crippen LogP contribution is 2.20. The summed E-state index contributed by atoms with van der Waals surface area (Å²) < 4.78 is 1.87. The Morgan fingerprint density at radius 3 is 2.79 bits per heavy atom. The number of rotatable bonds is 5. The quantitative estimate of drug-likeness (QED) is 0.784. The highest BCUT2D eigenvalue weighted by atomic mass is 16.4. The van der Waals surface area contributed by atoms with E-state index in [1.807, 2.05) is 10.8 Å². The first-order valence-corrected chi connectivity index (χ1v) is 5.10. The summed E-state index contributed by atoms with van der Waals surface area (Å²) in [5.41, 5.74) is 0.394. The predicted octanol–water partition coefficient (Wildman–Crippen LogP) is 2.94. The summed E-state index contributed by atoms with van der Waals surface area (Å²) in [6, 6.07) is 3.77. The molecule has 0 aliphatic heterocycles. The van der Waals surface area contributed by atoms with E-state index < -0.39 is 5.97 Å². The zero-order valence-electron chi connectivity index (χ0n) is 8.73. The Hall–Kier alpha value is -1.25. The molecule has 1 rings (SSSR count). The third-order valence-corrected chi connectivity index (χ3v) is 2.48. The third-order valence-electron chi connectivity index (χ3n) is 2.48.